The summed E-state index contributed by atoms with van der Waals surface area (Å²) in [5.74, 6) is 1.12. The van der Waals surface area contributed by atoms with Crippen molar-refractivity contribution in [2.45, 2.75) is 26.7 Å². The Balaban J connectivity index is 2.13. The fraction of sp³-hybridized carbons (Fsp3) is 0.750. The van der Waals surface area contributed by atoms with Crippen LogP contribution in [0.4, 0.5) is 11.1 Å². The number of nitrogens with two attached hydrogens (primary N) is 1. The third kappa shape index (κ3) is 4.07. The molecule has 0 aliphatic carbocycles. The van der Waals surface area contributed by atoms with Gasteiger partial charge in [-0.1, -0.05) is 13.8 Å². The van der Waals surface area contributed by atoms with Crippen molar-refractivity contribution in [3.8, 4) is 0 Å². The first-order chi connectivity index (χ1) is 6.18. The zero-order valence-electron chi connectivity index (χ0n) is 8.08. The topological polar surface area (TPSA) is 63.8 Å². The van der Waals surface area contributed by atoms with Crippen molar-refractivity contribution < 1.29 is 0 Å². The van der Waals surface area contributed by atoms with Gasteiger partial charge in [0, 0.05) is 18.1 Å². The summed E-state index contributed by atoms with van der Waals surface area (Å²) in [6, 6.07) is 0. The van der Waals surface area contributed by atoms with Crippen molar-refractivity contribution in [3.05, 3.63) is 0 Å². The molecule has 1 rings (SSSR count). The van der Waals surface area contributed by atoms with E-state index in [2.05, 4.69) is 28.5 Å². The van der Waals surface area contributed by atoms with Gasteiger partial charge in [-0.05, 0) is 18.8 Å². The van der Waals surface area contributed by atoms with Crippen LogP contribution in [0.2, 0.25) is 0 Å². The van der Waals surface area contributed by atoms with Gasteiger partial charge in [-0.3, -0.25) is 0 Å². The van der Waals surface area contributed by atoms with Crippen LogP contribution in [0, 0.1) is 5.92 Å². The van der Waals surface area contributed by atoms with E-state index >= 15 is 0 Å². The number of nitrogens with one attached hydrogen (secondary N) is 1. The van der Waals surface area contributed by atoms with Gasteiger partial charge in [-0.15, -0.1) is 0 Å². The highest BCUT2D eigenvalue weighted by atomic mass is 32.1. The Kier molecular flexibility index (Phi) is 3.95. The summed E-state index contributed by atoms with van der Waals surface area (Å²) < 4.78 is 3.88. The molecule has 1 aromatic rings. The fourth-order valence-electron chi connectivity index (χ4n) is 1.01. The van der Waals surface area contributed by atoms with Crippen molar-refractivity contribution in [2.75, 3.05) is 17.6 Å². The van der Waals surface area contributed by atoms with Crippen molar-refractivity contribution in [2.24, 2.45) is 5.92 Å². The molecule has 74 valence electrons. The van der Waals surface area contributed by atoms with Gasteiger partial charge in [0.05, 0.1) is 0 Å². The van der Waals surface area contributed by atoms with E-state index in [0.717, 1.165) is 24.0 Å². The van der Waals surface area contributed by atoms with E-state index in [0.29, 0.717) is 5.95 Å². The third-order valence-electron chi connectivity index (χ3n) is 1.68. The molecule has 0 saturated heterocycles. The molecule has 1 aromatic heterocycles. The van der Waals surface area contributed by atoms with E-state index in [-0.39, 0.29) is 0 Å². The van der Waals surface area contributed by atoms with Crippen LogP contribution in [0.3, 0.4) is 0 Å². The minimum atomic E-state index is 0.358. The highest BCUT2D eigenvalue weighted by molar-refractivity contribution is 7.09. The molecular formula is C8H16N4S. The second-order valence-electron chi connectivity index (χ2n) is 3.42. The van der Waals surface area contributed by atoms with Crippen LogP contribution in [-0.2, 0) is 0 Å². The average Bonchev–Trinajstić information content (AvgIpc) is 2.45. The minimum absolute atomic E-state index is 0.358. The molecule has 4 nitrogen and oxygen atoms in total. The molecule has 0 aromatic carbocycles. The highest BCUT2D eigenvalue weighted by Crippen LogP contribution is 2.12. The Bertz CT molecular complexity index is 246. The first-order valence-corrected chi connectivity index (χ1v) is 5.29. The molecule has 5 heteroatoms. The Morgan fingerprint density at radius 2 is 2.31 bits per heavy atom. The Hall–Kier alpha value is -0.840. The van der Waals surface area contributed by atoms with Crippen LogP contribution < -0.4 is 11.1 Å². The van der Waals surface area contributed by atoms with Crippen LogP contribution in [0.25, 0.3) is 0 Å². The van der Waals surface area contributed by atoms with E-state index in [4.69, 9.17) is 5.73 Å². The zero-order valence-corrected chi connectivity index (χ0v) is 8.90. The summed E-state index contributed by atoms with van der Waals surface area (Å²) in [7, 11) is 0. The summed E-state index contributed by atoms with van der Waals surface area (Å²) in [6.07, 6.45) is 2.40. The number of aromatic nitrogens is 2. The van der Waals surface area contributed by atoms with Crippen LogP contribution in [-0.4, -0.2) is 15.9 Å². The van der Waals surface area contributed by atoms with Crippen LogP contribution in [0.15, 0.2) is 0 Å². The number of nitrogen functional groups attached to an aromatic ring is 1. The first-order valence-electron chi connectivity index (χ1n) is 4.51. The molecule has 0 bridgehead atoms. The molecule has 0 fully saturated rings. The second-order valence-corrected chi connectivity index (χ2v) is 4.17. The molecule has 3 N–H and O–H groups in total. The van der Waals surface area contributed by atoms with Gasteiger partial charge in [0.25, 0.3) is 0 Å². The maximum atomic E-state index is 5.38. The van der Waals surface area contributed by atoms with E-state index in [1.54, 1.807) is 0 Å². The van der Waals surface area contributed by atoms with Crippen molar-refractivity contribution in [1.29, 1.82) is 0 Å². The maximum Gasteiger partial charge on any atom is 0.233 e. The lowest BCUT2D eigenvalue weighted by atomic mass is 10.1. The molecule has 0 saturated carbocycles. The highest BCUT2D eigenvalue weighted by Gasteiger charge is 1.99. The zero-order chi connectivity index (χ0) is 9.68. The SMILES string of the molecule is CC(C)CCCNc1nc(N)ns1. The van der Waals surface area contributed by atoms with Gasteiger partial charge in [-0.25, -0.2) is 0 Å². The van der Waals surface area contributed by atoms with Gasteiger partial charge in [-0.2, -0.15) is 9.36 Å². The Morgan fingerprint density at radius 3 is 2.85 bits per heavy atom. The lowest BCUT2D eigenvalue weighted by Gasteiger charge is -2.04. The summed E-state index contributed by atoms with van der Waals surface area (Å²) >= 11 is 1.31. The largest absolute Gasteiger partial charge is 0.367 e. The molecule has 0 amide bonds. The summed E-state index contributed by atoms with van der Waals surface area (Å²) in [5.41, 5.74) is 5.38. The molecule has 0 spiro atoms. The molecule has 0 unspecified atom stereocenters. The van der Waals surface area contributed by atoms with Crippen molar-refractivity contribution in [3.63, 3.8) is 0 Å². The minimum Gasteiger partial charge on any atom is -0.367 e. The summed E-state index contributed by atoms with van der Waals surface area (Å²) in [6.45, 7) is 5.40. The second kappa shape index (κ2) is 5.01. The molecular weight excluding hydrogens is 184 g/mol. The van der Waals surface area contributed by atoms with Gasteiger partial charge < -0.3 is 11.1 Å². The monoisotopic (exact) mass is 200 g/mol. The lowest BCUT2D eigenvalue weighted by molar-refractivity contribution is 0.567. The predicted molar refractivity (Wildman–Crippen MR) is 56.9 cm³/mol. The number of rotatable bonds is 5. The fourth-order valence-corrected chi connectivity index (χ4v) is 1.53. The number of hydrogen-bond donors (Lipinski definition) is 2. The quantitative estimate of drug-likeness (QED) is 0.713. The van der Waals surface area contributed by atoms with Crippen molar-refractivity contribution in [1.82, 2.24) is 9.36 Å². The third-order valence-corrected chi connectivity index (χ3v) is 2.36. The van der Waals surface area contributed by atoms with Gasteiger partial charge >= 0.3 is 0 Å². The average molecular weight is 200 g/mol. The Labute approximate surface area is 82.7 Å². The number of anilines is 2. The molecule has 13 heavy (non-hydrogen) atoms. The standard InChI is InChI=1S/C8H16N4S/c1-6(2)4-3-5-10-8-11-7(9)12-13-8/h6H,3-5H2,1-2H3,(H3,9,10,11,12). The smallest absolute Gasteiger partial charge is 0.233 e. The number of nitrogens with zero attached hydrogens (tertiary/aromatic N) is 2. The number of hydrogen-bond acceptors (Lipinski definition) is 5. The van der Waals surface area contributed by atoms with Crippen LogP contribution in [0.5, 0.6) is 0 Å². The first kappa shape index (κ1) is 10.2. The molecule has 0 atom stereocenters. The molecule has 0 aliphatic heterocycles. The van der Waals surface area contributed by atoms with Gasteiger partial charge in [0.2, 0.25) is 11.1 Å². The van der Waals surface area contributed by atoms with Crippen LogP contribution in [0.1, 0.15) is 26.7 Å². The van der Waals surface area contributed by atoms with E-state index in [9.17, 15) is 0 Å². The Morgan fingerprint density at radius 1 is 1.54 bits per heavy atom. The molecule has 1 heterocycles. The maximum absolute atomic E-state index is 5.38. The van der Waals surface area contributed by atoms with E-state index < -0.39 is 0 Å². The van der Waals surface area contributed by atoms with E-state index in [1.807, 2.05) is 0 Å². The van der Waals surface area contributed by atoms with Gasteiger partial charge in [0.15, 0.2) is 0 Å². The lowest BCUT2D eigenvalue weighted by Crippen LogP contribution is -2.02. The normalized spacial score (nSPS) is 10.7. The van der Waals surface area contributed by atoms with Crippen molar-refractivity contribution >= 4 is 22.6 Å². The molecule has 0 aliphatic rings. The summed E-state index contributed by atoms with van der Waals surface area (Å²) in [4.78, 5) is 4.00. The molecule has 0 radical (unpaired) electrons. The van der Waals surface area contributed by atoms with E-state index in [1.165, 1.54) is 18.0 Å². The predicted octanol–water partition coefficient (Wildman–Crippen LogP) is 1.97. The summed E-state index contributed by atoms with van der Waals surface area (Å²) in [5, 5.41) is 4.01. The van der Waals surface area contributed by atoms with Crippen LogP contribution >= 0.6 is 11.5 Å². The van der Waals surface area contributed by atoms with Gasteiger partial charge in [0.1, 0.15) is 0 Å².